The number of ether oxygens (including phenoxy) is 1. The predicted octanol–water partition coefficient (Wildman–Crippen LogP) is 2.16. The Morgan fingerprint density at radius 2 is 2.00 bits per heavy atom. The molecule has 1 saturated heterocycles. The minimum absolute atomic E-state index is 0.0366. The van der Waals surface area contributed by atoms with Gasteiger partial charge in [-0.2, -0.15) is 5.10 Å². The molecule has 1 fully saturated rings. The molecule has 1 N–H and O–H groups in total. The average molecular weight is 336 g/mol. The van der Waals surface area contributed by atoms with Crippen molar-refractivity contribution in [3.63, 3.8) is 0 Å². The first-order valence-corrected chi connectivity index (χ1v) is 9.06. The van der Waals surface area contributed by atoms with E-state index in [2.05, 4.69) is 43.0 Å². The molecule has 24 heavy (non-hydrogen) atoms. The van der Waals surface area contributed by atoms with Gasteiger partial charge in [-0.05, 0) is 45.2 Å². The number of unbranched alkanes of at least 4 members (excludes halogenated alkanes) is 1. The SMILES string of the molecule is CC(C)c1cc(C(=O)NCCCCN2C[C@@H](C)O[C@@H](C)C2)n(C)n1. The van der Waals surface area contributed by atoms with E-state index >= 15 is 0 Å². The summed E-state index contributed by atoms with van der Waals surface area (Å²) in [6.45, 7) is 12.2. The lowest BCUT2D eigenvalue weighted by Crippen LogP contribution is -2.45. The van der Waals surface area contributed by atoms with Gasteiger partial charge in [-0.1, -0.05) is 13.8 Å². The van der Waals surface area contributed by atoms with Crippen LogP contribution < -0.4 is 5.32 Å². The van der Waals surface area contributed by atoms with E-state index in [0.29, 0.717) is 30.4 Å². The summed E-state index contributed by atoms with van der Waals surface area (Å²) in [6, 6.07) is 1.89. The summed E-state index contributed by atoms with van der Waals surface area (Å²) in [4.78, 5) is 14.7. The highest BCUT2D eigenvalue weighted by molar-refractivity contribution is 5.92. The fourth-order valence-corrected chi connectivity index (χ4v) is 3.20. The minimum Gasteiger partial charge on any atom is -0.373 e. The van der Waals surface area contributed by atoms with Crippen molar-refractivity contribution in [2.24, 2.45) is 7.05 Å². The second-order valence-electron chi connectivity index (χ2n) is 7.21. The van der Waals surface area contributed by atoms with Crippen LogP contribution in [0.2, 0.25) is 0 Å². The first-order chi connectivity index (χ1) is 11.4. The van der Waals surface area contributed by atoms with Gasteiger partial charge in [0.1, 0.15) is 5.69 Å². The fourth-order valence-electron chi connectivity index (χ4n) is 3.20. The Morgan fingerprint density at radius 1 is 1.33 bits per heavy atom. The van der Waals surface area contributed by atoms with Crippen molar-refractivity contribution < 1.29 is 9.53 Å². The lowest BCUT2D eigenvalue weighted by atomic mass is 10.1. The van der Waals surface area contributed by atoms with Gasteiger partial charge in [0, 0.05) is 26.7 Å². The number of carbonyl (C=O) groups excluding carboxylic acids is 1. The molecule has 136 valence electrons. The third kappa shape index (κ3) is 5.31. The van der Waals surface area contributed by atoms with Crippen molar-refractivity contribution in [2.75, 3.05) is 26.2 Å². The molecule has 6 heteroatoms. The summed E-state index contributed by atoms with van der Waals surface area (Å²) in [5, 5.41) is 7.39. The normalized spacial score (nSPS) is 22.1. The van der Waals surface area contributed by atoms with Crippen molar-refractivity contribution in [1.82, 2.24) is 20.0 Å². The second-order valence-corrected chi connectivity index (χ2v) is 7.21. The Kier molecular flexibility index (Phi) is 6.80. The van der Waals surface area contributed by atoms with E-state index in [-0.39, 0.29) is 5.91 Å². The Hall–Kier alpha value is -1.40. The number of carbonyl (C=O) groups is 1. The second kappa shape index (κ2) is 8.62. The topological polar surface area (TPSA) is 59.4 Å². The third-order valence-electron chi connectivity index (χ3n) is 4.40. The average Bonchev–Trinajstić information content (AvgIpc) is 2.88. The molecule has 0 saturated carbocycles. The lowest BCUT2D eigenvalue weighted by Gasteiger charge is -2.35. The van der Waals surface area contributed by atoms with Crippen LogP contribution in [0.25, 0.3) is 0 Å². The summed E-state index contributed by atoms with van der Waals surface area (Å²) in [6.07, 6.45) is 2.70. The largest absolute Gasteiger partial charge is 0.373 e. The Balaban J connectivity index is 1.68. The minimum atomic E-state index is -0.0366. The Morgan fingerprint density at radius 3 is 2.58 bits per heavy atom. The Labute approximate surface area is 145 Å². The molecular weight excluding hydrogens is 304 g/mol. The van der Waals surface area contributed by atoms with E-state index in [9.17, 15) is 4.79 Å². The molecule has 1 aliphatic rings. The third-order valence-corrected chi connectivity index (χ3v) is 4.40. The zero-order chi connectivity index (χ0) is 17.7. The first-order valence-electron chi connectivity index (χ1n) is 9.06. The molecule has 0 radical (unpaired) electrons. The standard InChI is InChI=1S/C18H32N4O2/c1-13(2)16-10-17(21(5)20-16)18(23)19-8-6-7-9-22-11-14(3)24-15(4)12-22/h10,13-15H,6-9,11-12H2,1-5H3,(H,19,23)/t14-,15+. The smallest absolute Gasteiger partial charge is 0.269 e. The molecule has 2 heterocycles. The van der Waals surface area contributed by atoms with Crippen LogP contribution in [-0.4, -0.2) is 59.0 Å². The molecule has 0 spiro atoms. The fraction of sp³-hybridized carbons (Fsp3) is 0.778. The van der Waals surface area contributed by atoms with Crippen molar-refractivity contribution in [1.29, 1.82) is 0 Å². The molecule has 2 atom stereocenters. The monoisotopic (exact) mass is 336 g/mol. The van der Waals surface area contributed by atoms with E-state index in [1.807, 2.05) is 13.1 Å². The van der Waals surface area contributed by atoms with Crippen LogP contribution in [0.5, 0.6) is 0 Å². The van der Waals surface area contributed by atoms with Crippen LogP contribution in [0.4, 0.5) is 0 Å². The lowest BCUT2D eigenvalue weighted by molar-refractivity contribution is -0.0681. The number of aryl methyl sites for hydroxylation is 1. The van der Waals surface area contributed by atoms with Crippen molar-refractivity contribution >= 4 is 5.91 Å². The highest BCUT2D eigenvalue weighted by Gasteiger charge is 2.21. The van der Waals surface area contributed by atoms with E-state index in [1.54, 1.807) is 4.68 Å². The highest BCUT2D eigenvalue weighted by atomic mass is 16.5. The molecule has 1 amide bonds. The maximum absolute atomic E-state index is 12.3. The molecule has 1 aromatic heterocycles. The number of hydrogen-bond acceptors (Lipinski definition) is 4. The maximum Gasteiger partial charge on any atom is 0.269 e. The number of hydrogen-bond donors (Lipinski definition) is 1. The van der Waals surface area contributed by atoms with E-state index in [0.717, 1.165) is 38.2 Å². The van der Waals surface area contributed by atoms with Crippen LogP contribution in [0, 0.1) is 0 Å². The first kappa shape index (κ1) is 18.9. The number of aromatic nitrogens is 2. The van der Waals surface area contributed by atoms with Gasteiger partial charge in [0.05, 0.1) is 17.9 Å². The maximum atomic E-state index is 12.3. The van der Waals surface area contributed by atoms with Gasteiger partial charge >= 0.3 is 0 Å². The van der Waals surface area contributed by atoms with Crippen LogP contribution in [-0.2, 0) is 11.8 Å². The number of nitrogens with one attached hydrogen (secondary N) is 1. The Bertz CT molecular complexity index is 531. The summed E-state index contributed by atoms with van der Waals surface area (Å²) >= 11 is 0. The molecule has 0 unspecified atom stereocenters. The van der Waals surface area contributed by atoms with Gasteiger partial charge in [-0.25, -0.2) is 0 Å². The van der Waals surface area contributed by atoms with Crippen LogP contribution in [0.3, 0.4) is 0 Å². The van der Waals surface area contributed by atoms with Crippen LogP contribution in [0.1, 0.15) is 62.6 Å². The van der Waals surface area contributed by atoms with Gasteiger partial charge in [0.25, 0.3) is 5.91 Å². The molecule has 0 aliphatic carbocycles. The number of amides is 1. The molecule has 6 nitrogen and oxygen atoms in total. The van der Waals surface area contributed by atoms with E-state index in [4.69, 9.17) is 4.74 Å². The predicted molar refractivity (Wildman–Crippen MR) is 95.3 cm³/mol. The molecule has 1 aliphatic heterocycles. The van der Waals surface area contributed by atoms with Crippen molar-refractivity contribution in [2.45, 2.75) is 58.7 Å². The van der Waals surface area contributed by atoms with Crippen molar-refractivity contribution in [3.05, 3.63) is 17.5 Å². The number of nitrogens with zero attached hydrogens (tertiary/aromatic N) is 3. The highest BCUT2D eigenvalue weighted by Crippen LogP contribution is 2.14. The van der Waals surface area contributed by atoms with Crippen LogP contribution >= 0.6 is 0 Å². The van der Waals surface area contributed by atoms with Gasteiger partial charge in [-0.15, -0.1) is 0 Å². The molecule has 2 rings (SSSR count). The van der Waals surface area contributed by atoms with Gasteiger partial charge in [0.2, 0.25) is 0 Å². The van der Waals surface area contributed by atoms with E-state index < -0.39 is 0 Å². The summed E-state index contributed by atoms with van der Waals surface area (Å²) < 4.78 is 7.42. The van der Waals surface area contributed by atoms with Crippen molar-refractivity contribution in [3.8, 4) is 0 Å². The molecular formula is C18H32N4O2. The summed E-state index contributed by atoms with van der Waals surface area (Å²) in [5.41, 5.74) is 1.59. The molecule has 0 bridgehead atoms. The summed E-state index contributed by atoms with van der Waals surface area (Å²) in [7, 11) is 1.82. The van der Waals surface area contributed by atoms with Gasteiger partial charge < -0.3 is 10.1 Å². The van der Waals surface area contributed by atoms with Gasteiger partial charge in [0.15, 0.2) is 0 Å². The number of rotatable bonds is 7. The van der Waals surface area contributed by atoms with Crippen LogP contribution in [0.15, 0.2) is 6.07 Å². The number of morpholine rings is 1. The van der Waals surface area contributed by atoms with Gasteiger partial charge in [-0.3, -0.25) is 14.4 Å². The zero-order valence-corrected chi connectivity index (χ0v) is 15.7. The zero-order valence-electron chi connectivity index (χ0n) is 15.7. The molecule has 0 aromatic carbocycles. The van der Waals surface area contributed by atoms with E-state index in [1.165, 1.54) is 0 Å². The molecule has 1 aromatic rings. The summed E-state index contributed by atoms with van der Waals surface area (Å²) in [5.74, 6) is 0.293. The quantitative estimate of drug-likeness (QED) is 0.775.